The summed E-state index contributed by atoms with van der Waals surface area (Å²) < 4.78 is 66.3. The number of allylic oxidation sites excluding steroid dienone is 1. The summed E-state index contributed by atoms with van der Waals surface area (Å²) in [6.07, 6.45) is 1.05. The van der Waals surface area contributed by atoms with Gasteiger partial charge in [-0.25, -0.2) is 26.7 Å². The zero-order chi connectivity index (χ0) is 19.0. The van der Waals surface area contributed by atoms with Crippen molar-refractivity contribution in [1.29, 1.82) is 0 Å². The number of H-pyrrole nitrogens is 1. The van der Waals surface area contributed by atoms with Crippen LogP contribution in [0.4, 0.5) is 22.0 Å². The van der Waals surface area contributed by atoms with Crippen LogP contribution in [0.2, 0.25) is 0 Å². The predicted molar refractivity (Wildman–Crippen MR) is 76.8 cm³/mol. The fourth-order valence-electron chi connectivity index (χ4n) is 2.34. The first-order chi connectivity index (χ1) is 11.6. The Morgan fingerprint density at radius 1 is 0.920 bits per heavy atom. The SMILES string of the molecule is Cc1[nH]c(C(=O)O)c(C)c1C(=O)/C=C/c1c(F)c(F)c(F)c(F)c1F. The number of halogens is 5. The monoisotopic (exact) mass is 359 g/mol. The summed E-state index contributed by atoms with van der Waals surface area (Å²) in [7, 11) is 0. The fraction of sp³-hybridized carbons (Fsp3) is 0.125. The van der Waals surface area contributed by atoms with E-state index in [1.54, 1.807) is 0 Å². The molecule has 1 heterocycles. The third kappa shape index (κ3) is 3.04. The van der Waals surface area contributed by atoms with Crippen molar-refractivity contribution >= 4 is 17.8 Å². The molecule has 132 valence electrons. The van der Waals surface area contributed by atoms with E-state index in [0.29, 0.717) is 12.2 Å². The van der Waals surface area contributed by atoms with E-state index in [4.69, 9.17) is 5.11 Å². The smallest absolute Gasteiger partial charge is 0.352 e. The molecule has 0 spiro atoms. The second-order valence-electron chi connectivity index (χ2n) is 5.11. The van der Waals surface area contributed by atoms with Gasteiger partial charge in [0.15, 0.2) is 29.1 Å². The molecule has 0 unspecified atom stereocenters. The molecule has 0 bridgehead atoms. The summed E-state index contributed by atoms with van der Waals surface area (Å²) in [4.78, 5) is 25.6. The van der Waals surface area contributed by atoms with E-state index >= 15 is 0 Å². The van der Waals surface area contributed by atoms with Gasteiger partial charge in [-0.1, -0.05) is 0 Å². The highest BCUT2D eigenvalue weighted by atomic mass is 19.2. The number of nitrogens with one attached hydrogen (secondary N) is 1. The molecule has 0 fully saturated rings. The molecular formula is C16H10F5NO3. The molecule has 1 aromatic heterocycles. The number of carboxylic acids is 1. The van der Waals surface area contributed by atoms with Gasteiger partial charge in [0.05, 0.1) is 5.56 Å². The van der Waals surface area contributed by atoms with Crippen molar-refractivity contribution in [2.45, 2.75) is 13.8 Å². The molecule has 9 heteroatoms. The molecule has 2 aromatic rings. The second kappa shape index (κ2) is 6.50. The first-order valence-electron chi connectivity index (χ1n) is 6.74. The van der Waals surface area contributed by atoms with Crippen LogP contribution in [-0.2, 0) is 0 Å². The van der Waals surface area contributed by atoms with E-state index in [9.17, 15) is 31.5 Å². The lowest BCUT2D eigenvalue weighted by Crippen LogP contribution is -2.05. The molecule has 1 aromatic carbocycles. The summed E-state index contributed by atoms with van der Waals surface area (Å²) in [6, 6.07) is 0. The lowest BCUT2D eigenvalue weighted by atomic mass is 10.0. The Balaban J connectivity index is 2.49. The van der Waals surface area contributed by atoms with Crippen molar-refractivity contribution in [3.05, 3.63) is 63.2 Å². The third-order valence-electron chi connectivity index (χ3n) is 3.54. The van der Waals surface area contributed by atoms with E-state index in [1.165, 1.54) is 13.8 Å². The van der Waals surface area contributed by atoms with E-state index in [0.717, 1.165) is 0 Å². The molecule has 0 radical (unpaired) electrons. The minimum Gasteiger partial charge on any atom is -0.477 e. The summed E-state index contributed by atoms with van der Waals surface area (Å²) in [6.45, 7) is 2.74. The van der Waals surface area contributed by atoms with Gasteiger partial charge in [-0.15, -0.1) is 0 Å². The summed E-state index contributed by atoms with van der Waals surface area (Å²) in [5.41, 5.74) is -1.32. The molecule has 4 nitrogen and oxygen atoms in total. The number of carboxylic acid groups (broad SMARTS) is 1. The van der Waals surface area contributed by atoms with Crippen molar-refractivity contribution in [3.8, 4) is 0 Å². The summed E-state index contributed by atoms with van der Waals surface area (Å²) in [5, 5.41) is 8.97. The maximum atomic E-state index is 13.6. The van der Waals surface area contributed by atoms with Crippen molar-refractivity contribution in [2.75, 3.05) is 0 Å². The number of hydrogen-bond donors (Lipinski definition) is 2. The standard InChI is InChI=1S/C16H10F5NO3/c1-5-9(6(2)22-15(5)16(24)25)8(23)4-3-7-10(17)12(19)14(21)13(20)11(7)18/h3-4,22H,1-2H3,(H,24,25)/b4-3+. The quantitative estimate of drug-likeness (QED) is 0.286. The Hall–Kier alpha value is -2.97. The van der Waals surface area contributed by atoms with Gasteiger partial charge in [-0.2, -0.15) is 0 Å². The highest BCUT2D eigenvalue weighted by molar-refractivity contribution is 6.10. The van der Waals surface area contributed by atoms with Crippen molar-refractivity contribution in [1.82, 2.24) is 4.98 Å². The van der Waals surface area contributed by atoms with Gasteiger partial charge in [0.1, 0.15) is 5.69 Å². The van der Waals surface area contributed by atoms with Crippen molar-refractivity contribution in [3.63, 3.8) is 0 Å². The normalized spacial score (nSPS) is 11.3. The highest BCUT2D eigenvalue weighted by Gasteiger charge is 2.25. The number of benzene rings is 1. The molecule has 0 saturated heterocycles. The average Bonchev–Trinajstić information content (AvgIpc) is 2.85. The van der Waals surface area contributed by atoms with Crippen LogP contribution in [0.25, 0.3) is 6.08 Å². The lowest BCUT2D eigenvalue weighted by Gasteiger charge is -2.04. The fourth-order valence-corrected chi connectivity index (χ4v) is 2.34. The van der Waals surface area contributed by atoms with Crippen molar-refractivity contribution < 1.29 is 36.6 Å². The van der Waals surface area contributed by atoms with E-state index < -0.39 is 46.4 Å². The van der Waals surface area contributed by atoms with Crippen LogP contribution in [0.3, 0.4) is 0 Å². The highest BCUT2D eigenvalue weighted by Crippen LogP contribution is 2.25. The molecule has 0 amide bonds. The Bertz CT molecular complexity index is 902. The van der Waals surface area contributed by atoms with Gasteiger partial charge in [0, 0.05) is 11.3 Å². The largest absolute Gasteiger partial charge is 0.477 e. The second-order valence-corrected chi connectivity index (χ2v) is 5.11. The maximum absolute atomic E-state index is 13.6. The Morgan fingerprint density at radius 3 is 1.84 bits per heavy atom. The Morgan fingerprint density at radius 2 is 1.40 bits per heavy atom. The van der Waals surface area contributed by atoms with Gasteiger partial charge < -0.3 is 10.1 Å². The van der Waals surface area contributed by atoms with Gasteiger partial charge in [0.2, 0.25) is 5.82 Å². The minimum absolute atomic E-state index is 0.0717. The number of aromatic nitrogens is 1. The number of carbonyl (C=O) groups excluding carboxylic acids is 1. The van der Waals surface area contributed by atoms with Crippen LogP contribution in [0.15, 0.2) is 6.08 Å². The molecule has 0 aliphatic carbocycles. The first-order valence-corrected chi connectivity index (χ1v) is 6.74. The van der Waals surface area contributed by atoms with Gasteiger partial charge in [-0.05, 0) is 31.6 Å². The zero-order valence-electron chi connectivity index (χ0n) is 12.8. The molecule has 2 N–H and O–H groups in total. The van der Waals surface area contributed by atoms with Gasteiger partial charge >= 0.3 is 5.97 Å². The molecule has 25 heavy (non-hydrogen) atoms. The molecule has 0 aliphatic heterocycles. The van der Waals surface area contributed by atoms with Crippen LogP contribution in [-0.4, -0.2) is 21.8 Å². The number of rotatable bonds is 4. The van der Waals surface area contributed by atoms with Crippen LogP contribution < -0.4 is 0 Å². The van der Waals surface area contributed by atoms with Gasteiger partial charge in [0.25, 0.3) is 0 Å². The third-order valence-corrected chi connectivity index (χ3v) is 3.54. The topological polar surface area (TPSA) is 70.2 Å². The number of aromatic amines is 1. The van der Waals surface area contributed by atoms with E-state index in [2.05, 4.69) is 4.98 Å². The average molecular weight is 359 g/mol. The van der Waals surface area contributed by atoms with Gasteiger partial charge in [-0.3, -0.25) is 4.79 Å². The van der Waals surface area contributed by atoms with E-state index in [-0.39, 0.29) is 22.5 Å². The number of hydrogen-bond acceptors (Lipinski definition) is 2. The van der Waals surface area contributed by atoms with Crippen LogP contribution in [0.5, 0.6) is 0 Å². The lowest BCUT2D eigenvalue weighted by molar-refractivity contribution is 0.0690. The minimum atomic E-state index is -2.30. The number of aromatic carboxylic acids is 1. The zero-order valence-corrected chi connectivity index (χ0v) is 12.8. The Kier molecular flexibility index (Phi) is 4.78. The van der Waals surface area contributed by atoms with Crippen LogP contribution in [0, 0.1) is 42.9 Å². The van der Waals surface area contributed by atoms with Crippen LogP contribution >= 0.6 is 0 Å². The number of carbonyl (C=O) groups is 2. The number of aryl methyl sites for hydroxylation is 1. The first kappa shape index (κ1) is 18.4. The molecule has 0 saturated carbocycles. The molecule has 0 atom stereocenters. The van der Waals surface area contributed by atoms with Crippen LogP contribution in [0.1, 0.15) is 37.7 Å². The molecular weight excluding hydrogens is 349 g/mol. The molecule has 2 rings (SSSR count). The molecule has 0 aliphatic rings. The summed E-state index contributed by atoms with van der Waals surface area (Å²) in [5.74, 6) is -12.9. The number of ketones is 1. The maximum Gasteiger partial charge on any atom is 0.352 e. The van der Waals surface area contributed by atoms with E-state index in [1.807, 2.05) is 0 Å². The van der Waals surface area contributed by atoms with Crippen molar-refractivity contribution in [2.24, 2.45) is 0 Å². The predicted octanol–water partition coefficient (Wildman–Crippen LogP) is 3.92. The Labute approximate surface area is 137 Å². The summed E-state index contributed by atoms with van der Waals surface area (Å²) >= 11 is 0.